The molecule has 0 radical (unpaired) electrons. The molecule has 0 bridgehead atoms. The van der Waals surface area contributed by atoms with Crippen molar-refractivity contribution in [2.24, 2.45) is 0 Å². The average Bonchev–Trinajstić information content (AvgIpc) is 2.67. The maximum absolute atomic E-state index is 4.26. The van der Waals surface area contributed by atoms with Crippen molar-refractivity contribution in [1.29, 1.82) is 0 Å². The third kappa shape index (κ3) is 1.69. The second-order valence-electron chi connectivity index (χ2n) is 3.70. The van der Waals surface area contributed by atoms with Crippen molar-refractivity contribution in [3.63, 3.8) is 0 Å². The Hall–Kier alpha value is -0.990. The maximum atomic E-state index is 4.26. The van der Waals surface area contributed by atoms with Crippen molar-refractivity contribution in [2.45, 2.75) is 38.1 Å². The van der Waals surface area contributed by atoms with E-state index in [0.29, 0.717) is 6.04 Å². The largest absolute Gasteiger partial charge is 0.359 e. The van der Waals surface area contributed by atoms with Gasteiger partial charge in [0.05, 0.1) is 0 Å². The summed E-state index contributed by atoms with van der Waals surface area (Å²) in [6.45, 7) is 0. The van der Waals surface area contributed by atoms with Crippen molar-refractivity contribution >= 4 is 5.95 Å². The highest BCUT2D eigenvalue weighted by Crippen LogP contribution is 2.29. The van der Waals surface area contributed by atoms with Crippen molar-refractivity contribution in [2.75, 3.05) is 12.4 Å². The zero-order chi connectivity index (χ0) is 9.10. The SMILES string of the molecule is CNc1nccn1C1CCCCC1. The number of nitrogens with one attached hydrogen (secondary N) is 1. The monoisotopic (exact) mass is 179 g/mol. The van der Waals surface area contributed by atoms with E-state index in [9.17, 15) is 0 Å². The molecule has 0 spiro atoms. The summed E-state index contributed by atoms with van der Waals surface area (Å²) in [4.78, 5) is 4.26. The topological polar surface area (TPSA) is 29.9 Å². The van der Waals surface area contributed by atoms with E-state index < -0.39 is 0 Å². The molecule has 1 aromatic rings. The Kier molecular flexibility index (Phi) is 2.52. The minimum Gasteiger partial charge on any atom is -0.359 e. The summed E-state index contributed by atoms with van der Waals surface area (Å²) in [5.41, 5.74) is 0. The molecule has 1 fully saturated rings. The van der Waals surface area contributed by atoms with Gasteiger partial charge >= 0.3 is 0 Å². The molecule has 0 aromatic carbocycles. The normalized spacial score (nSPS) is 18.8. The predicted molar refractivity (Wildman–Crippen MR) is 53.9 cm³/mol. The van der Waals surface area contributed by atoms with Crippen LogP contribution in [0.4, 0.5) is 5.95 Å². The smallest absolute Gasteiger partial charge is 0.202 e. The first-order valence-corrected chi connectivity index (χ1v) is 5.12. The molecule has 1 aliphatic carbocycles. The fourth-order valence-electron chi connectivity index (χ4n) is 2.16. The highest BCUT2D eigenvalue weighted by molar-refractivity contribution is 5.25. The first-order chi connectivity index (χ1) is 6.42. The van der Waals surface area contributed by atoms with Crippen LogP contribution in [0, 0.1) is 0 Å². The van der Waals surface area contributed by atoms with Gasteiger partial charge in [-0.05, 0) is 12.8 Å². The number of rotatable bonds is 2. The van der Waals surface area contributed by atoms with Gasteiger partial charge in [-0.25, -0.2) is 4.98 Å². The van der Waals surface area contributed by atoms with Gasteiger partial charge in [-0.3, -0.25) is 0 Å². The molecule has 13 heavy (non-hydrogen) atoms. The number of nitrogens with zero attached hydrogens (tertiary/aromatic N) is 2. The van der Waals surface area contributed by atoms with Gasteiger partial charge in [-0.1, -0.05) is 19.3 Å². The molecule has 0 amide bonds. The number of hydrogen-bond donors (Lipinski definition) is 1. The molecule has 0 saturated heterocycles. The van der Waals surface area contributed by atoms with Gasteiger partial charge in [0.15, 0.2) is 0 Å². The fraction of sp³-hybridized carbons (Fsp3) is 0.700. The standard InChI is InChI=1S/C10H17N3/c1-11-10-12-7-8-13(10)9-5-3-2-4-6-9/h7-9H,2-6H2,1H3,(H,11,12). The third-order valence-electron chi connectivity index (χ3n) is 2.86. The summed E-state index contributed by atoms with van der Waals surface area (Å²) in [7, 11) is 1.93. The molecule has 72 valence electrons. The number of anilines is 1. The molecular weight excluding hydrogens is 162 g/mol. The number of aromatic nitrogens is 2. The lowest BCUT2D eigenvalue weighted by Crippen LogP contribution is -2.14. The highest BCUT2D eigenvalue weighted by atomic mass is 15.2. The van der Waals surface area contributed by atoms with Crippen LogP contribution >= 0.6 is 0 Å². The van der Waals surface area contributed by atoms with E-state index in [0.717, 1.165) is 5.95 Å². The first kappa shape index (κ1) is 8.60. The van der Waals surface area contributed by atoms with Crippen LogP contribution in [-0.4, -0.2) is 16.6 Å². The van der Waals surface area contributed by atoms with E-state index in [4.69, 9.17) is 0 Å². The highest BCUT2D eigenvalue weighted by Gasteiger charge is 2.16. The molecule has 3 nitrogen and oxygen atoms in total. The van der Waals surface area contributed by atoms with Crippen molar-refractivity contribution < 1.29 is 0 Å². The molecule has 2 rings (SSSR count). The second-order valence-corrected chi connectivity index (χ2v) is 3.70. The van der Waals surface area contributed by atoms with E-state index in [1.54, 1.807) is 0 Å². The third-order valence-corrected chi connectivity index (χ3v) is 2.86. The lowest BCUT2D eigenvalue weighted by atomic mass is 9.95. The zero-order valence-electron chi connectivity index (χ0n) is 8.16. The molecule has 1 aromatic heterocycles. The van der Waals surface area contributed by atoms with Crippen LogP contribution in [0.2, 0.25) is 0 Å². The minimum absolute atomic E-state index is 0.679. The van der Waals surface area contributed by atoms with Gasteiger partial charge in [0.1, 0.15) is 0 Å². The minimum atomic E-state index is 0.679. The van der Waals surface area contributed by atoms with Crippen LogP contribution in [0.3, 0.4) is 0 Å². The molecule has 1 saturated carbocycles. The lowest BCUT2D eigenvalue weighted by Gasteiger charge is -2.24. The predicted octanol–water partition coefficient (Wildman–Crippen LogP) is 2.43. The lowest BCUT2D eigenvalue weighted by molar-refractivity contribution is 0.356. The van der Waals surface area contributed by atoms with E-state index >= 15 is 0 Å². The van der Waals surface area contributed by atoms with Crippen molar-refractivity contribution in [1.82, 2.24) is 9.55 Å². The second kappa shape index (κ2) is 3.81. The van der Waals surface area contributed by atoms with Gasteiger partial charge in [0, 0.05) is 25.5 Å². The molecule has 0 unspecified atom stereocenters. The molecule has 1 aliphatic rings. The molecular formula is C10H17N3. The summed E-state index contributed by atoms with van der Waals surface area (Å²) >= 11 is 0. The Morgan fingerprint density at radius 2 is 2.15 bits per heavy atom. The Morgan fingerprint density at radius 1 is 1.38 bits per heavy atom. The average molecular weight is 179 g/mol. The summed E-state index contributed by atoms with van der Waals surface area (Å²) in [6.07, 6.45) is 10.7. The summed E-state index contributed by atoms with van der Waals surface area (Å²) in [6, 6.07) is 0.679. The Morgan fingerprint density at radius 3 is 2.85 bits per heavy atom. The van der Waals surface area contributed by atoms with Crippen LogP contribution in [-0.2, 0) is 0 Å². The Balaban J connectivity index is 2.13. The van der Waals surface area contributed by atoms with E-state index in [2.05, 4.69) is 21.1 Å². The fourth-order valence-corrected chi connectivity index (χ4v) is 2.16. The number of imidazole rings is 1. The molecule has 3 heteroatoms. The van der Waals surface area contributed by atoms with Gasteiger partial charge in [-0.15, -0.1) is 0 Å². The van der Waals surface area contributed by atoms with Crippen molar-refractivity contribution in [3.8, 4) is 0 Å². The summed E-state index contributed by atoms with van der Waals surface area (Å²) < 4.78 is 2.28. The maximum Gasteiger partial charge on any atom is 0.202 e. The van der Waals surface area contributed by atoms with Crippen LogP contribution < -0.4 is 5.32 Å². The number of hydrogen-bond acceptors (Lipinski definition) is 2. The van der Waals surface area contributed by atoms with Gasteiger partial charge in [0.2, 0.25) is 5.95 Å². The molecule has 1 heterocycles. The van der Waals surface area contributed by atoms with E-state index in [1.807, 2.05) is 13.2 Å². The molecule has 0 atom stereocenters. The molecule has 1 N–H and O–H groups in total. The first-order valence-electron chi connectivity index (χ1n) is 5.12. The summed E-state index contributed by atoms with van der Waals surface area (Å²) in [5, 5.41) is 3.12. The van der Waals surface area contributed by atoms with Gasteiger partial charge in [-0.2, -0.15) is 0 Å². The van der Waals surface area contributed by atoms with Gasteiger partial charge in [0.25, 0.3) is 0 Å². The van der Waals surface area contributed by atoms with Crippen LogP contribution in [0.25, 0.3) is 0 Å². The van der Waals surface area contributed by atoms with Crippen LogP contribution in [0.15, 0.2) is 12.4 Å². The Labute approximate surface area is 79.2 Å². The van der Waals surface area contributed by atoms with Gasteiger partial charge < -0.3 is 9.88 Å². The van der Waals surface area contributed by atoms with Crippen molar-refractivity contribution in [3.05, 3.63) is 12.4 Å². The van der Waals surface area contributed by atoms with Crippen LogP contribution in [0.5, 0.6) is 0 Å². The zero-order valence-corrected chi connectivity index (χ0v) is 8.16. The molecule has 0 aliphatic heterocycles. The van der Waals surface area contributed by atoms with Crippen LogP contribution in [0.1, 0.15) is 38.1 Å². The quantitative estimate of drug-likeness (QED) is 0.755. The van der Waals surface area contributed by atoms with E-state index in [1.165, 1.54) is 32.1 Å². The van der Waals surface area contributed by atoms with E-state index in [-0.39, 0.29) is 0 Å². The Bertz CT molecular complexity index is 261. The summed E-state index contributed by atoms with van der Waals surface area (Å²) in [5.74, 6) is 1.01.